The third-order valence-corrected chi connectivity index (χ3v) is 4.11. The molecule has 21 heavy (non-hydrogen) atoms. The Labute approximate surface area is 123 Å². The molecule has 1 saturated carbocycles. The maximum atomic E-state index is 6.03. The van der Waals surface area contributed by atoms with E-state index in [2.05, 4.69) is 15.6 Å². The Balaban J connectivity index is 1.67. The number of para-hydroxylation sites is 1. The maximum absolute atomic E-state index is 6.03. The van der Waals surface area contributed by atoms with E-state index in [1.54, 1.807) is 0 Å². The van der Waals surface area contributed by atoms with Crippen molar-refractivity contribution in [2.75, 3.05) is 5.73 Å². The van der Waals surface area contributed by atoms with Gasteiger partial charge >= 0.3 is 0 Å². The van der Waals surface area contributed by atoms with E-state index >= 15 is 0 Å². The van der Waals surface area contributed by atoms with Crippen molar-refractivity contribution in [3.8, 4) is 0 Å². The Kier molecular flexibility index (Phi) is 2.88. The van der Waals surface area contributed by atoms with Gasteiger partial charge in [0.2, 0.25) is 0 Å². The van der Waals surface area contributed by atoms with Crippen LogP contribution < -0.4 is 5.73 Å². The fourth-order valence-electron chi connectivity index (χ4n) is 2.88. The fourth-order valence-corrected chi connectivity index (χ4v) is 2.88. The van der Waals surface area contributed by atoms with Crippen LogP contribution in [-0.4, -0.2) is 14.5 Å². The van der Waals surface area contributed by atoms with Crippen LogP contribution in [0.1, 0.15) is 30.3 Å². The predicted molar refractivity (Wildman–Crippen MR) is 84.1 cm³/mol. The molecule has 106 valence electrons. The van der Waals surface area contributed by atoms with Crippen molar-refractivity contribution in [2.24, 2.45) is 0 Å². The van der Waals surface area contributed by atoms with Gasteiger partial charge in [0, 0.05) is 24.3 Å². The van der Waals surface area contributed by atoms with E-state index in [1.165, 1.54) is 18.4 Å². The van der Waals surface area contributed by atoms with Crippen LogP contribution in [0.4, 0.5) is 5.69 Å². The average Bonchev–Trinajstić information content (AvgIpc) is 3.27. The summed E-state index contributed by atoms with van der Waals surface area (Å²) in [6.07, 6.45) is 6.15. The fraction of sp³-hybridized carbons (Fsp3) is 0.294. The lowest BCUT2D eigenvalue weighted by Gasteiger charge is -2.08. The molecule has 2 aromatic heterocycles. The van der Waals surface area contributed by atoms with Crippen molar-refractivity contribution in [1.82, 2.24) is 14.5 Å². The summed E-state index contributed by atoms with van der Waals surface area (Å²) in [4.78, 5) is 9.29. The molecule has 4 rings (SSSR count). The van der Waals surface area contributed by atoms with E-state index in [9.17, 15) is 0 Å². The number of pyridine rings is 1. The monoisotopic (exact) mass is 278 g/mol. The van der Waals surface area contributed by atoms with Gasteiger partial charge in [-0.2, -0.15) is 0 Å². The van der Waals surface area contributed by atoms with Gasteiger partial charge < -0.3 is 10.3 Å². The summed E-state index contributed by atoms with van der Waals surface area (Å²) in [7, 11) is 0. The first kappa shape index (κ1) is 12.4. The number of benzene rings is 1. The van der Waals surface area contributed by atoms with Gasteiger partial charge in [-0.05, 0) is 43.0 Å². The second-order valence-electron chi connectivity index (χ2n) is 5.67. The quantitative estimate of drug-likeness (QED) is 0.746. The van der Waals surface area contributed by atoms with Gasteiger partial charge in [-0.15, -0.1) is 0 Å². The first-order valence-electron chi connectivity index (χ1n) is 7.48. The van der Waals surface area contributed by atoms with Gasteiger partial charge in [-0.3, -0.25) is 0 Å². The van der Waals surface area contributed by atoms with Crippen molar-refractivity contribution in [3.05, 3.63) is 54.0 Å². The highest BCUT2D eigenvalue weighted by Crippen LogP contribution is 2.38. The number of nitrogens with two attached hydrogens (primary N) is 1. The second-order valence-corrected chi connectivity index (χ2v) is 5.67. The molecule has 0 radical (unpaired) electrons. The van der Waals surface area contributed by atoms with Crippen molar-refractivity contribution in [2.45, 2.75) is 31.7 Å². The number of hydrogen-bond acceptors (Lipinski definition) is 3. The maximum Gasteiger partial charge on any atom is 0.160 e. The molecule has 1 aromatic carbocycles. The minimum atomic E-state index is 0.591. The molecule has 2 heterocycles. The Morgan fingerprint density at radius 2 is 1.95 bits per heavy atom. The molecule has 1 aliphatic rings. The van der Waals surface area contributed by atoms with E-state index in [1.807, 2.05) is 36.5 Å². The Bertz CT molecular complexity index is 786. The van der Waals surface area contributed by atoms with Gasteiger partial charge in [0.1, 0.15) is 11.3 Å². The van der Waals surface area contributed by atoms with Crippen LogP contribution in [0.3, 0.4) is 0 Å². The number of nitrogen functional groups attached to an aromatic ring is 1. The molecule has 3 aromatic rings. The van der Waals surface area contributed by atoms with Crippen LogP contribution in [0.5, 0.6) is 0 Å². The van der Waals surface area contributed by atoms with Gasteiger partial charge in [0.25, 0.3) is 0 Å². The summed E-state index contributed by atoms with van der Waals surface area (Å²) in [6.45, 7) is 0. The first-order valence-corrected chi connectivity index (χ1v) is 7.48. The molecule has 4 heteroatoms. The molecule has 0 spiro atoms. The van der Waals surface area contributed by atoms with E-state index in [0.717, 1.165) is 35.5 Å². The smallest absolute Gasteiger partial charge is 0.160 e. The summed E-state index contributed by atoms with van der Waals surface area (Å²) < 4.78 is 2.33. The highest BCUT2D eigenvalue weighted by atomic mass is 15.2. The topological polar surface area (TPSA) is 56.7 Å². The molecule has 0 aliphatic heterocycles. The van der Waals surface area contributed by atoms with Crippen molar-refractivity contribution in [1.29, 1.82) is 0 Å². The van der Waals surface area contributed by atoms with Crippen LogP contribution in [0, 0.1) is 0 Å². The van der Waals surface area contributed by atoms with Crippen molar-refractivity contribution < 1.29 is 0 Å². The number of rotatable bonds is 4. The zero-order chi connectivity index (χ0) is 14.2. The molecular weight excluding hydrogens is 260 g/mol. The molecule has 0 unspecified atom stereocenters. The summed E-state index contributed by atoms with van der Waals surface area (Å²) in [6, 6.07) is 12.7. The van der Waals surface area contributed by atoms with Crippen molar-refractivity contribution >= 4 is 16.9 Å². The minimum absolute atomic E-state index is 0.591. The Hall–Kier alpha value is -2.36. The summed E-state index contributed by atoms with van der Waals surface area (Å²) >= 11 is 0. The first-order chi connectivity index (χ1) is 10.3. The number of anilines is 1. The minimum Gasteiger partial charge on any atom is -0.399 e. The third kappa shape index (κ3) is 2.27. The summed E-state index contributed by atoms with van der Waals surface area (Å²) in [5.41, 5.74) is 10.1. The lowest BCUT2D eigenvalue weighted by molar-refractivity contribution is 0.687. The second kappa shape index (κ2) is 4.88. The molecule has 2 N–H and O–H groups in total. The molecule has 1 aliphatic carbocycles. The Morgan fingerprint density at radius 3 is 2.76 bits per heavy atom. The number of aryl methyl sites for hydroxylation is 2. The number of fused-ring (bicyclic) bond motifs is 1. The number of aromatic nitrogens is 3. The highest BCUT2D eigenvalue weighted by molar-refractivity contribution is 5.71. The predicted octanol–water partition coefficient (Wildman–Crippen LogP) is 3.13. The van der Waals surface area contributed by atoms with E-state index in [-0.39, 0.29) is 0 Å². The zero-order valence-electron chi connectivity index (χ0n) is 11.9. The SMILES string of the molecule is Nc1ccccc1CCc1nc2cccnc2n1C1CC1. The molecule has 0 bridgehead atoms. The van der Waals surface area contributed by atoms with Crippen LogP contribution in [0.15, 0.2) is 42.6 Å². The van der Waals surface area contributed by atoms with Crippen LogP contribution >= 0.6 is 0 Å². The molecule has 4 nitrogen and oxygen atoms in total. The summed E-state index contributed by atoms with van der Waals surface area (Å²) in [5.74, 6) is 1.13. The number of hydrogen-bond donors (Lipinski definition) is 1. The Morgan fingerprint density at radius 1 is 1.10 bits per heavy atom. The molecule has 1 fully saturated rings. The number of nitrogens with zero attached hydrogens (tertiary/aromatic N) is 3. The van der Waals surface area contributed by atoms with Gasteiger partial charge in [0.15, 0.2) is 5.65 Å². The number of imidazole rings is 1. The van der Waals surface area contributed by atoms with Gasteiger partial charge in [0.05, 0.1) is 0 Å². The van der Waals surface area contributed by atoms with E-state index in [4.69, 9.17) is 10.7 Å². The lowest BCUT2D eigenvalue weighted by Crippen LogP contribution is -2.05. The molecule has 0 saturated heterocycles. The van der Waals surface area contributed by atoms with Gasteiger partial charge in [-0.1, -0.05) is 18.2 Å². The highest BCUT2D eigenvalue weighted by Gasteiger charge is 2.28. The normalized spacial score (nSPS) is 14.7. The lowest BCUT2D eigenvalue weighted by atomic mass is 10.1. The van der Waals surface area contributed by atoms with Crippen LogP contribution in [-0.2, 0) is 12.8 Å². The van der Waals surface area contributed by atoms with E-state index < -0.39 is 0 Å². The van der Waals surface area contributed by atoms with Crippen molar-refractivity contribution in [3.63, 3.8) is 0 Å². The standard InChI is InChI=1S/C17H18N4/c18-14-5-2-1-4-12(14)7-10-16-20-15-6-3-11-19-17(15)21(16)13-8-9-13/h1-6,11,13H,7-10,18H2. The largest absolute Gasteiger partial charge is 0.399 e. The van der Waals surface area contributed by atoms with E-state index in [0.29, 0.717) is 6.04 Å². The zero-order valence-corrected chi connectivity index (χ0v) is 11.9. The summed E-state index contributed by atoms with van der Waals surface area (Å²) in [5, 5.41) is 0. The van der Waals surface area contributed by atoms with Crippen LogP contribution in [0.25, 0.3) is 11.2 Å². The molecule has 0 atom stereocenters. The molecule has 0 amide bonds. The van der Waals surface area contributed by atoms with Gasteiger partial charge in [-0.25, -0.2) is 9.97 Å². The third-order valence-electron chi connectivity index (χ3n) is 4.11. The average molecular weight is 278 g/mol. The van der Waals surface area contributed by atoms with Crippen LogP contribution in [0.2, 0.25) is 0 Å². The molecular formula is C17H18N4.